The average molecular weight is 404 g/mol. The number of carbonyl (C=O) groups is 2. The maximum Gasteiger partial charge on any atom is 0.314 e. The predicted molar refractivity (Wildman–Crippen MR) is 103 cm³/mol. The van der Waals surface area contributed by atoms with E-state index < -0.39 is 36.6 Å². The molecule has 3 amide bonds. The SMILES string of the molecule is N#CCNC(=O)[C@@H](CC(F)(F)Cc1ccccc1)C1CC12CCN(C(N)=O)CC2. The van der Waals surface area contributed by atoms with E-state index in [4.69, 9.17) is 11.0 Å². The summed E-state index contributed by atoms with van der Waals surface area (Å²) in [5.41, 5.74) is 5.65. The average Bonchev–Trinajstić information content (AvgIpc) is 3.37. The Bertz CT molecular complexity index is 786. The highest BCUT2D eigenvalue weighted by atomic mass is 19.3. The molecule has 1 heterocycles. The number of benzene rings is 1. The molecule has 3 N–H and O–H groups in total. The van der Waals surface area contributed by atoms with E-state index in [-0.39, 0.29) is 17.9 Å². The van der Waals surface area contributed by atoms with Gasteiger partial charge in [-0.2, -0.15) is 5.26 Å². The van der Waals surface area contributed by atoms with Crippen LogP contribution in [0.25, 0.3) is 0 Å². The third kappa shape index (κ3) is 5.03. The summed E-state index contributed by atoms with van der Waals surface area (Å²) in [5, 5.41) is 11.2. The fourth-order valence-electron chi connectivity index (χ4n) is 4.66. The number of hydrogen-bond donors (Lipinski definition) is 2. The highest BCUT2D eigenvalue weighted by Crippen LogP contribution is 2.63. The largest absolute Gasteiger partial charge is 0.351 e. The number of hydrogen-bond acceptors (Lipinski definition) is 3. The van der Waals surface area contributed by atoms with Gasteiger partial charge in [0.15, 0.2) is 0 Å². The molecular weight excluding hydrogens is 378 g/mol. The van der Waals surface area contributed by atoms with Crippen LogP contribution < -0.4 is 11.1 Å². The van der Waals surface area contributed by atoms with Gasteiger partial charge < -0.3 is 16.0 Å². The fourth-order valence-corrected chi connectivity index (χ4v) is 4.66. The van der Waals surface area contributed by atoms with E-state index in [2.05, 4.69) is 5.32 Å². The van der Waals surface area contributed by atoms with Crippen molar-refractivity contribution in [1.29, 1.82) is 5.26 Å². The number of nitriles is 1. The molecule has 6 nitrogen and oxygen atoms in total. The van der Waals surface area contributed by atoms with E-state index in [1.807, 2.05) is 6.07 Å². The van der Waals surface area contributed by atoms with Crippen LogP contribution in [0.4, 0.5) is 13.6 Å². The van der Waals surface area contributed by atoms with E-state index in [9.17, 15) is 18.4 Å². The Kier molecular flexibility index (Phi) is 6.06. The summed E-state index contributed by atoms with van der Waals surface area (Å²) in [6, 6.07) is 9.85. The molecule has 2 fully saturated rings. The Morgan fingerprint density at radius 1 is 1.31 bits per heavy atom. The molecule has 1 aromatic rings. The van der Waals surface area contributed by atoms with Crippen LogP contribution in [0.1, 0.15) is 31.2 Å². The van der Waals surface area contributed by atoms with E-state index in [0.29, 0.717) is 37.9 Å². The number of halogens is 2. The molecule has 1 saturated heterocycles. The minimum absolute atomic E-state index is 0.169. The summed E-state index contributed by atoms with van der Waals surface area (Å²) >= 11 is 0. The molecule has 0 aromatic heterocycles. The molecule has 0 bridgehead atoms. The fraction of sp³-hybridized carbons (Fsp3) is 0.571. The number of nitrogens with zero attached hydrogens (tertiary/aromatic N) is 2. The first-order chi connectivity index (χ1) is 13.8. The summed E-state index contributed by atoms with van der Waals surface area (Å²) in [7, 11) is 0. The van der Waals surface area contributed by atoms with E-state index >= 15 is 0 Å². The van der Waals surface area contributed by atoms with Crippen molar-refractivity contribution in [1.82, 2.24) is 10.2 Å². The predicted octanol–water partition coefficient (Wildman–Crippen LogP) is 2.69. The first-order valence-electron chi connectivity index (χ1n) is 9.87. The van der Waals surface area contributed by atoms with Crippen molar-refractivity contribution in [2.75, 3.05) is 19.6 Å². The highest BCUT2D eigenvalue weighted by molar-refractivity contribution is 5.80. The number of amides is 3. The number of nitrogens with one attached hydrogen (secondary N) is 1. The number of piperidine rings is 1. The molecule has 1 aromatic carbocycles. The van der Waals surface area contributed by atoms with Gasteiger partial charge in [-0.1, -0.05) is 30.3 Å². The third-order valence-corrected chi connectivity index (χ3v) is 6.31. The van der Waals surface area contributed by atoms with Gasteiger partial charge in [-0.25, -0.2) is 13.6 Å². The zero-order valence-electron chi connectivity index (χ0n) is 16.2. The Hall–Kier alpha value is -2.69. The van der Waals surface area contributed by atoms with Gasteiger partial charge in [0.05, 0.1) is 6.07 Å². The van der Waals surface area contributed by atoms with Crippen LogP contribution in [-0.4, -0.2) is 42.4 Å². The summed E-state index contributed by atoms with van der Waals surface area (Å²) in [6.07, 6.45) is 1.03. The first-order valence-corrected chi connectivity index (χ1v) is 9.87. The van der Waals surface area contributed by atoms with Crippen LogP contribution in [0.5, 0.6) is 0 Å². The van der Waals surface area contributed by atoms with Gasteiger partial charge in [0.25, 0.3) is 5.92 Å². The lowest BCUT2D eigenvalue weighted by atomic mass is 9.83. The third-order valence-electron chi connectivity index (χ3n) is 6.31. The molecular formula is C21H26F2N4O2. The number of primary amides is 1. The lowest BCUT2D eigenvalue weighted by Gasteiger charge is -2.33. The zero-order chi connectivity index (χ0) is 21.1. The number of likely N-dealkylation sites (tertiary alicyclic amines) is 1. The monoisotopic (exact) mass is 404 g/mol. The number of urea groups is 1. The van der Waals surface area contributed by atoms with Gasteiger partial charge in [-0.3, -0.25) is 4.79 Å². The molecule has 3 rings (SSSR count). The van der Waals surface area contributed by atoms with Gasteiger partial charge in [-0.15, -0.1) is 0 Å². The summed E-state index contributed by atoms with van der Waals surface area (Å²) in [5.74, 6) is -4.55. The summed E-state index contributed by atoms with van der Waals surface area (Å²) in [4.78, 5) is 25.5. The van der Waals surface area contributed by atoms with Crippen molar-refractivity contribution in [3.05, 3.63) is 35.9 Å². The molecule has 1 spiro atoms. The molecule has 0 radical (unpaired) electrons. The second-order valence-corrected chi connectivity index (χ2v) is 8.20. The molecule has 1 aliphatic carbocycles. The Balaban J connectivity index is 1.70. The Morgan fingerprint density at radius 2 is 1.97 bits per heavy atom. The van der Waals surface area contributed by atoms with Gasteiger partial charge in [-0.05, 0) is 36.2 Å². The van der Waals surface area contributed by atoms with Gasteiger partial charge >= 0.3 is 6.03 Å². The van der Waals surface area contributed by atoms with Crippen LogP contribution in [0.15, 0.2) is 30.3 Å². The summed E-state index contributed by atoms with van der Waals surface area (Å²) in [6.45, 7) is 0.770. The number of nitrogens with two attached hydrogens (primary N) is 1. The minimum atomic E-state index is -3.03. The molecule has 2 aliphatic rings. The number of alkyl halides is 2. The maximum absolute atomic E-state index is 14.8. The highest BCUT2D eigenvalue weighted by Gasteiger charge is 2.60. The second kappa shape index (κ2) is 8.36. The van der Waals surface area contributed by atoms with Gasteiger partial charge in [0.2, 0.25) is 5.91 Å². The van der Waals surface area contributed by atoms with Crippen LogP contribution in [0.3, 0.4) is 0 Å². The van der Waals surface area contributed by atoms with E-state index in [1.54, 1.807) is 35.2 Å². The Labute approximate surface area is 169 Å². The Morgan fingerprint density at radius 3 is 2.55 bits per heavy atom. The van der Waals surface area contributed by atoms with Crippen molar-refractivity contribution in [2.45, 2.75) is 38.0 Å². The van der Waals surface area contributed by atoms with Gasteiger partial charge in [0.1, 0.15) is 6.54 Å². The van der Waals surface area contributed by atoms with Crippen molar-refractivity contribution in [2.24, 2.45) is 23.0 Å². The minimum Gasteiger partial charge on any atom is -0.351 e. The van der Waals surface area contributed by atoms with Crippen LogP contribution in [0.2, 0.25) is 0 Å². The molecule has 1 saturated carbocycles. The first kappa shape index (κ1) is 21.0. The quantitative estimate of drug-likeness (QED) is 0.684. The van der Waals surface area contributed by atoms with Crippen molar-refractivity contribution < 1.29 is 18.4 Å². The van der Waals surface area contributed by atoms with Crippen LogP contribution in [-0.2, 0) is 11.2 Å². The van der Waals surface area contributed by atoms with Crippen molar-refractivity contribution >= 4 is 11.9 Å². The maximum atomic E-state index is 14.8. The molecule has 29 heavy (non-hydrogen) atoms. The molecule has 1 unspecified atom stereocenters. The number of rotatable bonds is 7. The zero-order valence-corrected chi connectivity index (χ0v) is 16.2. The normalized spacial score (nSPS) is 21.3. The van der Waals surface area contributed by atoms with Crippen LogP contribution in [0, 0.1) is 28.6 Å². The lowest BCUT2D eigenvalue weighted by Crippen LogP contribution is -2.43. The van der Waals surface area contributed by atoms with E-state index in [0.717, 1.165) is 0 Å². The molecule has 2 atom stereocenters. The van der Waals surface area contributed by atoms with Crippen LogP contribution >= 0.6 is 0 Å². The lowest BCUT2D eigenvalue weighted by molar-refractivity contribution is -0.130. The van der Waals surface area contributed by atoms with Crippen molar-refractivity contribution in [3.8, 4) is 6.07 Å². The molecule has 156 valence electrons. The van der Waals surface area contributed by atoms with Gasteiger partial charge in [0, 0.05) is 31.8 Å². The smallest absolute Gasteiger partial charge is 0.314 e. The van der Waals surface area contributed by atoms with E-state index in [1.165, 1.54) is 0 Å². The second-order valence-electron chi connectivity index (χ2n) is 8.20. The standard InChI is InChI=1S/C21H26F2N4O2/c22-21(23,12-15-4-2-1-3-5-15)13-16(18(28)26-9-8-24)17-14-20(17)6-10-27(11-7-20)19(25)29/h1-5,16-17H,6-7,9-14H2,(H2,25,29)(H,26,28)/t16-,17?/m0/s1. The molecule has 8 heteroatoms. The summed E-state index contributed by atoms with van der Waals surface area (Å²) < 4.78 is 29.7. The number of carbonyl (C=O) groups excluding carboxylic acids is 2. The van der Waals surface area contributed by atoms with Crippen molar-refractivity contribution in [3.63, 3.8) is 0 Å². The molecule has 1 aliphatic heterocycles. The topological polar surface area (TPSA) is 99.2 Å².